The van der Waals surface area contributed by atoms with Crippen LogP contribution in [0.5, 0.6) is 0 Å². The van der Waals surface area contributed by atoms with E-state index in [9.17, 15) is 8.78 Å². The fourth-order valence-corrected chi connectivity index (χ4v) is 1.17. The molecule has 0 atom stereocenters. The van der Waals surface area contributed by atoms with E-state index in [0.29, 0.717) is 0 Å². The molecule has 0 spiro atoms. The molecule has 1 aliphatic heterocycles. The van der Waals surface area contributed by atoms with E-state index in [-0.39, 0.29) is 0 Å². The number of rotatable bonds is 3. The van der Waals surface area contributed by atoms with Gasteiger partial charge in [0, 0.05) is 6.54 Å². The SMILES string of the molecule is FCC(CF)N1C[CH]CC1. The van der Waals surface area contributed by atoms with Gasteiger partial charge in [0.2, 0.25) is 0 Å². The number of likely N-dealkylation sites (tertiary alicyclic amines) is 1. The second-order valence-corrected chi connectivity index (χ2v) is 2.53. The van der Waals surface area contributed by atoms with Gasteiger partial charge in [0.15, 0.2) is 0 Å². The Kier molecular flexibility index (Phi) is 3.06. The molecule has 1 aliphatic rings. The lowest BCUT2D eigenvalue weighted by Crippen LogP contribution is -2.36. The first kappa shape index (κ1) is 7.92. The van der Waals surface area contributed by atoms with E-state index in [1.807, 2.05) is 4.90 Å². The Hall–Kier alpha value is -0.180. The zero-order valence-electron chi connectivity index (χ0n) is 5.89. The molecular formula is C7H12F2N. The number of hydrogen-bond donors (Lipinski definition) is 0. The van der Waals surface area contributed by atoms with Crippen LogP contribution in [0.3, 0.4) is 0 Å². The first-order valence-electron chi connectivity index (χ1n) is 3.56. The molecule has 0 aliphatic carbocycles. The summed E-state index contributed by atoms with van der Waals surface area (Å²) in [6, 6.07) is -0.487. The van der Waals surface area contributed by atoms with Crippen molar-refractivity contribution in [2.24, 2.45) is 0 Å². The minimum Gasteiger partial charge on any atom is -0.295 e. The third-order valence-corrected chi connectivity index (χ3v) is 1.86. The van der Waals surface area contributed by atoms with E-state index < -0.39 is 19.4 Å². The van der Waals surface area contributed by atoms with Gasteiger partial charge < -0.3 is 0 Å². The molecule has 1 radical (unpaired) electrons. The van der Waals surface area contributed by atoms with E-state index in [2.05, 4.69) is 6.42 Å². The molecule has 0 aromatic rings. The lowest BCUT2D eigenvalue weighted by molar-refractivity contribution is 0.170. The molecule has 1 nitrogen and oxygen atoms in total. The maximum absolute atomic E-state index is 12.0. The summed E-state index contributed by atoms with van der Waals surface area (Å²) >= 11 is 0. The van der Waals surface area contributed by atoms with E-state index >= 15 is 0 Å². The summed E-state index contributed by atoms with van der Waals surface area (Å²) in [6.45, 7) is 0.436. The van der Waals surface area contributed by atoms with Crippen LogP contribution >= 0.6 is 0 Å². The van der Waals surface area contributed by atoms with Gasteiger partial charge in [-0.3, -0.25) is 4.90 Å². The van der Waals surface area contributed by atoms with Crippen LogP contribution in [0.2, 0.25) is 0 Å². The fraction of sp³-hybridized carbons (Fsp3) is 0.857. The monoisotopic (exact) mass is 148 g/mol. The van der Waals surface area contributed by atoms with Crippen molar-refractivity contribution in [2.75, 3.05) is 26.4 Å². The van der Waals surface area contributed by atoms with Crippen molar-refractivity contribution in [1.82, 2.24) is 4.90 Å². The van der Waals surface area contributed by atoms with Crippen LogP contribution in [0, 0.1) is 6.42 Å². The van der Waals surface area contributed by atoms with Gasteiger partial charge in [-0.1, -0.05) is 0 Å². The van der Waals surface area contributed by atoms with Gasteiger partial charge in [0.25, 0.3) is 0 Å². The highest BCUT2D eigenvalue weighted by molar-refractivity contribution is 4.85. The highest BCUT2D eigenvalue weighted by atomic mass is 19.1. The van der Waals surface area contributed by atoms with Crippen molar-refractivity contribution in [1.29, 1.82) is 0 Å². The molecule has 0 N–H and O–H groups in total. The van der Waals surface area contributed by atoms with E-state index in [0.717, 1.165) is 19.5 Å². The van der Waals surface area contributed by atoms with E-state index in [1.165, 1.54) is 0 Å². The fourth-order valence-electron chi connectivity index (χ4n) is 1.17. The Morgan fingerprint density at radius 3 is 2.50 bits per heavy atom. The van der Waals surface area contributed by atoms with Crippen LogP contribution in [0.4, 0.5) is 8.78 Å². The van der Waals surface area contributed by atoms with Crippen molar-refractivity contribution in [3.8, 4) is 0 Å². The normalized spacial score (nSPS) is 20.7. The number of nitrogens with zero attached hydrogens (tertiary/aromatic N) is 1. The molecule has 0 saturated carbocycles. The smallest absolute Gasteiger partial charge is 0.107 e. The van der Waals surface area contributed by atoms with Crippen LogP contribution in [0.15, 0.2) is 0 Å². The molecule has 0 bridgehead atoms. The maximum atomic E-state index is 12.0. The molecule has 0 unspecified atom stereocenters. The summed E-state index contributed by atoms with van der Waals surface area (Å²) in [5.41, 5.74) is 0. The number of halogens is 2. The minimum atomic E-state index is -0.565. The van der Waals surface area contributed by atoms with Crippen LogP contribution in [-0.2, 0) is 0 Å². The Balaban J connectivity index is 2.29. The van der Waals surface area contributed by atoms with Gasteiger partial charge in [-0.15, -0.1) is 0 Å². The molecule has 0 amide bonds. The quantitative estimate of drug-likeness (QED) is 0.581. The van der Waals surface area contributed by atoms with Gasteiger partial charge in [0.1, 0.15) is 13.3 Å². The van der Waals surface area contributed by atoms with Crippen molar-refractivity contribution in [3.05, 3.63) is 6.42 Å². The minimum absolute atomic E-state index is 0.487. The first-order valence-corrected chi connectivity index (χ1v) is 3.56. The summed E-state index contributed by atoms with van der Waals surface area (Å²) in [6.07, 6.45) is 3.02. The van der Waals surface area contributed by atoms with Crippen LogP contribution in [-0.4, -0.2) is 37.4 Å². The third-order valence-electron chi connectivity index (χ3n) is 1.86. The summed E-state index contributed by atoms with van der Waals surface area (Å²) < 4.78 is 24.0. The second-order valence-electron chi connectivity index (χ2n) is 2.53. The second kappa shape index (κ2) is 3.86. The highest BCUT2D eigenvalue weighted by Gasteiger charge is 2.21. The standard InChI is InChI=1S/C7H12F2N/c8-5-7(6-9)10-3-1-2-4-10/h1,7H,2-6H2. The molecule has 1 saturated heterocycles. The molecule has 1 rings (SSSR count). The van der Waals surface area contributed by atoms with Crippen molar-refractivity contribution in [2.45, 2.75) is 12.5 Å². The van der Waals surface area contributed by atoms with Crippen LogP contribution < -0.4 is 0 Å². The Morgan fingerprint density at radius 2 is 2.10 bits per heavy atom. The highest BCUT2D eigenvalue weighted by Crippen LogP contribution is 2.11. The van der Waals surface area contributed by atoms with E-state index in [1.54, 1.807) is 0 Å². The van der Waals surface area contributed by atoms with Gasteiger partial charge in [-0.05, 0) is 19.4 Å². The van der Waals surface area contributed by atoms with Crippen molar-refractivity contribution < 1.29 is 8.78 Å². The summed E-state index contributed by atoms with van der Waals surface area (Å²) in [4.78, 5) is 1.83. The zero-order chi connectivity index (χ0) is 7.40. The average molecular weight is 148 g/mol. The summed E-state index contributed by atoms with van der Waals surface area (Å²) in [5, 5.41) is 0. The third kappa shape index (κ3) is 1.66. The molecule has 0 aromatic carbocycles. The molecule has 10 heavy (non-hydrogen) atoms. The predicted octanol–water partition coefficient (Wildman–Crippen LogP) is 1.20. The average Bonchev–Trinajstić information content (AvgIpc) is 2.43. The van der Waals surface area contributed by atoms with Crippen LogP contribution in [0.1, 0.15) is 6.42 Å². The maximum Gasteiger partial charge on any atom is 0.107 e. The Bertz CT molecular complexity index is 87.6. The molecule has 1 fully saturated rings. The van der Waals surface area contributed by atoms with Crippen molar-refractivity contribution >= 4 is 0 Å². The van der Waals surface area contributed by atoms with Gasteiger partial charge in [0.05, 0.1) is 6.04 Å². The zero-order valence-corrected chi connectivity index (χ0v) is 5.89. The van der Waals surface area contributed by atoms with Crippen molar-refractivity contribution in [3.63, 3.8) is 0 Å². The molecule has 1 heterocycles. The lowest BCUT2D eigenvalue weighted by atomic mass is 10.3. The van der Waals surface area contributed by atoms with Crippen LogP contribution in [0.25, 0.3) is 0 Å². The topological polar surface area (TPSA) is 3.24 Å². The largest absolute Gasteiger partial charge is 0.295 e. The predicted molar refractivity (Wildman–Crippen MR) is 36.2 cm³/mol. The Labute approximate surface area is 60.0 Å². The summed E-state index contributed by atoms with van der Waals surface area (Å²) in [5.74, 6) is 0. The number of alkyl halides is 2. The molecule has 3 heteroatoms. The summed E-state index contributed by atoms with van der Waals surface area (Å²) in [7, 11) is 0. The first-order chi connectivity index (χ1) is 4.88. The molecule has 59 valence electrons. The lowest BCUT2D eigenvalue weighted by Gasteiger charge is -2.21. The van der Waals surface area contributed by atoms with Gasteiger partial charge in [-0.2, -0.15) is 0 Å². The van der Waals surface area contributed by atoms with Gasteiger partial charge >= 0.3 is 0 Å². The van der Waals surface area contributed by atoms with E-state index in [4.69, 9.17) is 0 Å². The van der Waals surface area contributed by atoms with Gasteiger partial charge in [-0.25, -0.2) is 8.78 Å². The Morgan fingerprint density at radius 1 is 1.40 bits per heavy atom. The number of hydrogen-bond acceptors (Lipinski definition) is 1. The molecular weight excluding hydrogens is 136 g/mol. The molecule has 0 aromatic heterocycles.